The molecule has 6 heteroatoms. The quantitative estimate of drug-likeness (QED) is 0.750. The highest BCUT2D eigenvalue weighted by Gasteiger charge is 2.13. The minimum atomic E-state index is -1.37. The number of rotatable bonds is 4. The van der Waals surface area contributed by atoms with Crippen molar-refractivity contribution in [2.45, 2.75) is 6.42 Å². The standard InChI is InChI=1S/C15H12FN3O2/c16-12-8-14(13(18)7-11(12)15(20)21)19-10-3-1-9(2-4-10)5-6-17/h1-4,7-8,19H,5,18H2,(H,20,21). The third-order valence-electron chi connectivity index (χ3n) is 2.89. The van der Waals surface area contributed by atoms with Gasteiger partial charge in [0, 0.05) is 11.8 Å². The number of aromatic carboxylic acids is 1. The van der Waals surface area contributed by atoms with Gasteiger partial charge in [-0.05, 0) is 23.8 Å². The number of nitrogens with zero attached hydrogens (tertiary/aromatic N) is 1. The van der Waals surface area contributed by atoms with Gasteiger partial charge in [-0.25, -0.2) is 9.18 Å². The van der Waals surface area contributed by atoms with Crippen LogP contribution in [0.3, 0.4) is 0 Å². The van der Waals surface area contributed by atoms with Crippen molar-refractivity contribution < 1.29 is 14.3 Å². The lowest BCUT2D eigenvalue weighted by molar-refractivity contribution is 0.0692. The molecule has 21 heavy (non-hydrogen) atoms. The van der Waals surface area contributed by atoms with Gasteiger partial charge in [0.2, 0.25) is 0 Å². The Morgan fingerprint density at radius 2 is 2.00 bits per heavy atom. The molecule has 0 atom stereocenters. The molecule has 0 fully saturated rings. The van der Waals surface area contributed by atoms with E-state index in [0.717, 1.165) is 17.7 Å². The topological polar surface area (TPSA) is 99.1 Å². The number of hydrogen-bond donors (Lipinski definition) is 3. The Morgan fingerprint density at radius 1 is 1.33 bits per heavy atom. The molecule has 0 amide bonds. The Hall–Kier alpha value is -3.07. The van der Waals surface area contributed by atoms with Gasteiger partial charge >= 0.3 is 5.97 Å². The average molecular weight is 285 g/mol. The molecule has 0 spiro atoms. The van der Waals surface area contributed by atoms with E-state index in [1.165, 1.54) is 0 Å². The van der Waals surface area contributed by atoms with E-state index < -0.39 is 17.3 Å². The van der Waals surface area contributed by atoms with Crippen LogP contribution in [0, 0.1) is 17.1 Å². The van der Waals surface area contributed by atoms with Crippen molar-refractivity contribution in [3.8, 4) is 6.07 Å². The van der Waals surface area contributed by atoms with Crippen molar-refractivity contribution in [1.82, 2.24) is 0 Å². The molecule has 0 bridgehead atoms. The first-order valence-corrected chi connectivity index (χ1v) is 6.06. The van der Waals surface area contributed by atoms with Crippen molar-refractivity contribution in [3.63, 3.8) is 0 Å². The largest absolute Gasteiger partial charge is 0.478 e. The summed E-state index contributed by atoms with van der Waals surface area (Å²) < 4.78 is 13.6. The number of carboxylic acids is 1. The fraction of sp³-hybridized carbons (Fsp3) is 0.0667. The van der Waals surface area contributed by atoms with Gasteiger partial charge in [-0.15, -0.1) is 0 Å². The van der Waals surface area contributed by atoms with E-state index in [-0.39, 0.29) is 11.4 Å². The molecule has 5 nitrogen and oxygen atoms in total. The molecule has 4 N–H and O–H groups in total. The Kier molecular flexibility index (Phi) is 4.05. The Balaban J connectivity index is 2.25. The lowest BCUT2D eigenvalue weighted by Gasteiger charge is -2.11. The molecule has 0 saturated carbocycles. The minimum absolute atomic E-state index is 0.134. The molecular formula is C15H12FN3O2. The average Bonchev–Trinajstić information content (AvgIpc) is 2.44. The van der Waals surface area contributed by atoms with Gasteiger partial charge in [-0.2, -0.15) is 5.26 Å². The van der Waals surface area contributed by atoms with Gasteiger partial charge in [0.1, 0.15) is 5.82 Å². The fourth-order valence-electron chi connectivity index (χ4n) is 1.81. The molecule has 106 valence electrons. The number of hydrogen-bond acceptors (Lipinski definition) is 4. The number of nitriles is 1. The first-order chi connectivity index (χ1) is 10.0. The zero-order valence-corrected chi connectivity index (χ0v) is 10.9. The monoisotopic (exact) mass is 285 g/mol. The number of benzene rings is 2. The third kappa shape index (κ3) is 3.28. The minimum Gasteiger partial charge on any atom is -0.478 e. The smallest absolute Gasteiger partial charge is 0.338 e. The maximum absolute atomic E-state index is 13.6. The van der Waals surface area contributed by atoms with E-state index in [1.54, 1.807) is 24.3 Å². The highest BCUT2D eigenvalue weighted by molar-refractivity contribution is 5.91. The number of halogens is 1. The van der Waals surface area contributed by atoms with Crippen LogP contribution < -0.4 is 11.1 Å². The van der Waals surface area contributed by atoms with Crippen LogP contribution in [0.5, 0.6) is 0 Å². The van der Waals surface area contributed by atoms with Crippen LogP contribution in [0.4, 0.5) is 21.5 Å². The van der Waals surface area contributed by atoms with Gasteiger partial charge in [-0.1, -0.05) is 12.1 Å². The second kappa shape index (κ2) is 5.92. The normalized spacial score (nSPS) is 9.90. The van der Waals surface area contributed by atoms with Gasteiger partial charge in [0.15, 0.2) is 0 Å². The first kappa shape index (κ1) is 14.3. The van der Waals surface area contributed by atoms with E-state index in [2.05, 4.69) is 5.32 Å². The summed E-state index contributed by atoms with van der Waals surface area (Å²) in [6.45, 7) is 0. The summed E-state index contributed by atoms with van der Waals surface area (Å²) in [5, 5.41) is 20.3. The molecule has 0 aliphatic heterocycles. The van der Waals surface area contributed by atoms with Crippen molar-refractivity contribution in [2.75, 3.05) is 11.1 Å². The maximum atomic E-state index is 13.6. The molecule has 0 aromatic heterocycles. The van der Waals surface area contributed by atoms with Crippen LogP contribution in [-0.4, -0.2) is 11.1 Å². The van der Waals surface area contributed by atoms with Crippen molar-refractivity contribution >= 4 is 23.0 Å². The molecule has 2 aromatic carbocycles. The lowest BCUT2D eigenvalue weighted by Crippen LogP contribution is -2.05. The zero-order chi connectivity index (χ0) is 15.4. The second-order valence-corrected chi connectivity index (χ2v) is 4.38. The van der Waals surface area contributed by atoms with Gasteiger partial charge < -0.3 is 16.2 Å². The van der Waals surface area contributed by atoms with Crippen LogP contribution in [0.25, 0.3) is 0 Å². The first-order valence-electron chi connectivity index (χ1n) is 6.06. The van der Waals surface area contributed by atoms with E-state index in [4.69, 9.17) is 16.1 Å². The summed E-state index contributed by atoms with van der Waals surface area (Å²) in [7, 11) is 0. The van der Waals surface area contributed by atoms with E-state index in [1.807, 2.05) is 6.07 Å². The second-order valence-electron chi connectivity index (χ2n) is 4.38. The summed E-state index contributed by atoms with van der Waals surface area (Å²) in [5.41, 5.74) is 7.19. The fourth-order valence-corrected chi connectivity index (χ4v) is 1.81. The van der Waals surface area contributed by atoms with E-state index in [9.17, 15) is 9.18 Å². The number of carbonyl (C=O) groups is 1. The molecule has 0 aliphatic carbocycles. The summed E-state index contributed by atoms with van der Waals surface area (Å²) in [6, 6.07) is 11.2. The highest BCUT2D eigenvalue weighted by atomic mass is 19.1. The van der Waals surface area contributed by atoms with Gasteiger partial charge in [0.25, 0.3) is 0 Å². The summed E-state index contributed by atoms with van der Waals surface area (Å²) >= 11 is 0. The van der Waals surface area contributed by atoms with Gasteiger partial charge in [0.05, 0.1) is 29.4 Å². The third-order valence-corrected chi connectivity index (χ3v) is 2.89. The summed E-state index contributed by atoms with van der Waals surface area (Å²) in [5.74, 6) is -2.23. The van der Waals surface area contributed by atoms with Crippen LogP contribution in [0.1, 0.15) is 15.9 Å². The predicted octanol–water partition coefficient (Wildman–Crippen LogP) is 2.92. The number of anilines is 3. The van der Waals surface area contributed by atoms with Gasteiger partial charge in [-0.3, -0.25) is 0 Å². The SMILES string of the molecule is N#CCc1ccc(Nc2cc(F)c(C(=O)O)cc2N)cc1. The number of nitrogens with one attached hydrogen (secondary N) is 1. The molecule has 2 aromatic rings. The van der Waals surface area contributed by atoms with Crippen molar-refractivity contribution in [2.24, 2.45) is 0 Å². The van der Waals surface area contributed by atoms with Crippen molar-refractivity contribution in [3.05, 3.63) is 53.3 Å². The number of nitrogens with two attached hydrogens (primary N) is 1. The number of carboxylic acid groups (broad SMARTS) is 1. The molecule has 0 aliphatic rings. The lowest BCUT2D eigenvalue weighted by atomic mass is 10.1. The van der Waals surface area contributed by atoms with E-state index in [0.29, 0.717) is 12.1 Å². The van der Waals surface area contributed by atoms with Crippen LogP contribution in [0.15, 0.2) is 36.4 Å². The maximum Gasteiger partial charge on any atom is 0.338 e. The highest BCUT2D eigenvalue weighted by Crippen LogP contribution is 2.26. The number of nitrogen functional groups attached to an aromatic ring is 1. The molecule has 0 unspecified atom stereocenters. The molecular weight excluding hydrogens is 273 g/mol. The Morgan fingerprint density at radius 3 is 2.57 bits per heavy atom. The molecule has 0 heterocycles. The Labute approximate surface area is 120 Å². The molecule has 2 rings (SSSR count). The van der Waals surface area contributed by atoms with Crippen LogP contribution >= 0.6 is 0 Å². The predicted molar refractivity (Wildman–Crippen MR) is 76.8 cm³/mol. The van der Waals surface area contributed by atoms with Crippen LogP contribution in [-0.2, 0) is 6.42 Å². The Bertz CT molecular complexity index is 721. The van der Waals surface area contributed by atoms with Crippen LogP contribution in [0.2, 0.25) is 0 Å². The summed E-state index contributed by atoms with van der Waals surface area (Å²) in [6.07, 6.45) is 0.310. The van der Waals surface area contributed by atoms with Crippen molar-refractivity contribution in [1.29, 1.82) is 5.26 Å². The zero-order valence-electron chi connectivity index (χ0n) is 10.9. The summed E-state index contributed by atoms with van der Waals surface area (Å²) in [4.78, 5) is 10.8. The van der Waals surface area contributed by atoms with E-state index >= 15 is 0 Å². The molecule has 0 radical (unpaired) electrons. The molecule has 0 saturated heterocycles.